The first-order chi connectivity index (χ1) is 9.99. The Labute approximate surface area is 125 Å². The third-order valence-corrected chi connectivity index (χ3v) is 6.39. The minimum atomic E-state index is -3.59. The van der Waals surface area contributed by atoms with E-state index in [2.05, 4.69) is 4.72 Å². The van der Waals surface area contributed by atoms with Gasteiger partial charge in [-0.25, -0.2) is 17.5 Å². The van der Waals surface area contributed by atoms with Gasteiger partial charge in [-0.15, -0.1) is 0 Å². The molecule has 0 aromatic heterocycles. The summed E-state index contributed by atoms with van der Waals surface area (Å²) in [6, 6.07) is 3.77. The van der Waals surface area contributed by atoms with Crippen LogP contribution >= 0.6 is 0 Å². The Hall–Kier alpha value is -0.980. The van der Waals surface area contributed by atoms with Crippen molar-refractivity contribution in [3.05, 3.63) is 29.6 Å². The maximum atomic E-state index is 13.4. The van der Waals surface area contributed by atoms with Gasteiger partial charge in [0.2, 0.25) is 10.0 Å². The van der Waals surface area contributed by atoms with Crippen molar-refractivity contribution in [2.24, 2.45) is 23.5 Å². The van der Waals surface area contributed by atoms with Crippen LogP contribution in [0, 0.1) is 23.6 Å². The van der Waals surface area contributed by atoms with Gasteiger partial charge in [-0.05, 0) is 55.2 Å². The van der Waals surface area contributed by atoms with E-state index in [0.717, 1.165) is 18.4 Å². The van der Waals surface area contributed by atoms with Crippen molar-refractivity contribution < 1.29 is 12.8 Å². The summed E-state index contributed by atoms with van der Waals surface area (Å²) in [7, 11) is -3.59. The van der Waals surface area contributed by atoms with Gasteiger partial charge in [0.25, 0.3) is 0 Å². The van der Waals surface area contributed by atoms with Crippen molar-refractivity contribution in [3.8, 4) is 0 Å². The Bertz CT molecular complexity index is 633. The highest BCUT2D eigenvalue weighted by atomic mass is 32.2. The molecule has 2 aliphatic carbocycles. The molecule has 0 spiro atoms. The van der Waals surface area contributed by atoms with Crippen LogP contribution in [0.2, 0.25) is 0 Å². The van der Waals surface area contributed by atoms with Crippen LogP contribution in [0.4, 0.5) is 4.39 Å². The molecule has 3 N–H and O–H groups in total. The fourth-order valence-electron chi connectivity index (χ4n) is 3.80. The van der Waals surface area contributed by atoms with Gasteiger partial charge in [-0.1, -0.05) is 6.42 Å². The lowest BCUT2D eigenvalue weighted by Crippen LogP contribution is -2.31. The molecule has 1 aromatic rings. The van der Waals surface area contributed by atoms with Crippen LogP contribution in [0.15, 0.2) is 23.1 Å². The first-order valence-electron chi connectivity index (χ1n) is 7.48. The van der Waals surface area contributed by atoms with E-state index in [0.29, 0.717) is 18.4 Å². The van der Waals surface area contributed by atoms with Gasteiger partial charge in [0, 0.05) is 18.7 Å². The Morgan fingerprint density at radius 1 is 1.29 bits per heavy atom. The highest BCUT2D eigenvalue weighted by Crippen LogP contribution is 2.48. The molecule has 0 aliphatic heterocycles. The first-order valence-corrected chi connectivity index (χ1v) is 8.96. The van der Waals surface area contributed by atoms with Crippen molar-refractivity contribution in [1.29, 1.82) is 0 Å². The van der Waals surface area contributed by atoms with Crippen LogP contribution in [0.3, 0.4) is 0 Å². The molecule has 0 radical (unpaired) electrons. The molecule has 6 heteroatoms. The van der Waals surface area contributed by atoms with Crippen LogP contribution in [0.25, 0.3) is 0 Å². The molecule has 3 rings (SSSR count). The van der Waals surface area contributed by atoms with E-state index in [1.54, 1.807) is 0 Å². The molecule has 3 unspecified atom stereocenters. The smallest absolute Gasteiger partial charge is 0.240 e. The van der Waals surface area contributed by atoms with Crippen LogP contribution in [0.5, 0.6) is 0 Å². The topological polar surface area (TPSA) is 72.2 Å². The van der Waals surface area contributed by atoms with Gasteiger partial charge < -0.3 is 5.73 Å². The van der Waals surface area contributed by atoms with Gasteiger partial charge in [0.1, 0.15) is 5.82 Å². The summed E-state index contributed by atoms with van der Waals surface area (Å²) in [6.07, 6.45) is 4.90. The maximum absolute atomic E-state index is 13.4. The van der Waals surface area contributed by atoms with Gasteiger partial charge in [-0.3, -0.25) is 0 Å². The molecule has 2 bridgehead atoms. The fraction of sp³-hybridized carbons (Fsp3) is 0.600. The zero-order valence-electron chi connectivity index (χ0n) is 11.9. The molecule has 1 aromatic carbocycles. The number of nitrogens with two attached hydrogens (primary N) is 1. The molecule has 116 valence electrons. The summed E-state index contributed by atoms with van der Waals surface area (Å²) >= 11 is 0. The molecule has 0 heterocycles. The van der Waals surface area contributed by atoms with Gasteiger partial charge in [-0.2, -0.15) is 0 Å². The molecular formula is C15H21FN2O2S. The Morgan fingerprint density at radius 3 is 2.71 bits per heavy atom. The van der Waals surface area contributed by atoms with Crippen molar-refractivity contribution >= 4 is 10.0 Å². The molecular weight excluding hydrogens is 291 g/mol. The number of rotatable bonds is 5. The second-order valence-electron chi connectivity index (χ2n) is 6.24. The summed E-state index contributed by atoms with van der Waals surface area (Å²) in [4.78, 5) is 0.0903. The number of fused-ring (bicyclic) bond motifs is 2. The highest BCUT2D eigenvalue weighted by molar-refractivity contribution is 7.89. The molecule has 21 heavy (non-hydrogen) atoms. The maximum Gasteiger partial charge on any atom is 0.240 e. The number of halogens is 1. The van der Waals surface area contributed by atoms with E-state index in [4.69, 9.17) is 5.73 Å². The van der Waals surface area contributed by atoms with E-state index >= 15 is 0 Å². The normalized spacial score (nSPS) is 28.2. The second kappa shape index (κ2) is 5.66. The molecule has 2 saturated carbocycles. The van der Waals surface area contributed by atoms with Gasteiger partial charge >= 0.3 is 0 Å². The van der Waals surface area contributed by atoms with E-state index in [-0.39, 0.29) is 17.0 Å². The molecule has 0 saturated heterocycles. The average Bonchev–Trinajstić information content (AvgIpc) is 3.08. The number of hydrogen-bond acceptors (Lipinski definition) is 3. The van der Waals surface area contributed by atoms with Crippen LogP contribution < -0.4 is 10.5 Å². The van der Waals surface area contributed by atoms with Crippen molar-refractivity contribution in [2.45, 2.75) is 37.1 Å². The number of nitrogens with one attached hydrogen (secondary N) is 1. The van der Waals surface area contributed by atoms with Gasteiger partial charge in [0.15, 0.2) is 0 Å². The zero-order valence-corrected chi connectivity index (χ0v) is 12.7. The number of hydrogen-bond donors (Lipinski definition) is 2. The Balaban J connectivity index is 1.69. The van der Waals surface area contributed by atoms with Crippen LogP contribution in [0.1, 0.15) is 31.2 Å². The summed E-state index contributed by atoms with van der Waals surface area (Å²) < 4.78 is 40.7. The van der Waals surface area contributed by atoms with Crippen molar-refractivity contribution in [2.75, 3.05) is 6.54 Å². The Kier molecular flexibility index (Phi) is 4.03. The molecule has 0 amide bonds. The second-order valence-corrected chi connectivity index (χ2v) is 8.01. The van der Waals surface area contributed by atoms with E-state index in [1.165, 1.54) is 31.4 Å². The predicted molar refractivity (Wildman–Crippen MR) is 78.4 cm³/mol. The Morgan fingerprint density at radius 2 is 2.10 bits per heavy atom. The van der Waals surface area contributed by atoms with E-state index in [9.17, 15) is 12.8 Å². The summed E-state index contributed by atoms with van der Waals surface area (Å²) in [5.41, 5.74) is 5.64. The average molecular weight is 312 g/mol. The minimum Gasteiger partial charge on any atom is -0.326 e. The quantitative estimate of drug-likeness (QED) is 0.873. The molecule has 2 fully saturated rings. The highest BCUT2D eigenvalue weighted by Gasteiger charge is 2.39. The van der Waals surface area contributed by atoms with E-state index in [1.807, 2.05) is 0 Å². The number of benzene rings is 1. The molecule has 3 atom stereocenters. The van der Waals surface area contributed by atoms with E-state index < -0.39 is 15.8 Å². The lowest BCUT2D eigenvalue weighted by molar-refractivity contribution is 0.333. The predicted octanol–water partition coefficient (Wildman–Crippen LogP) is 2.00. The largest absolute Gasteiger partial charge is 0.326 e. The molecule has 2 aliphatic rings. The lowest BCUT2D eigenvalue weighted by atomic mass is 9.89. The van der Waals surface area contributed by atoms with Crippen molar-refractivity contribution in [1.82, 2.24) is 4.72 Å². The van der Waals surface area contributed by atoms with Gasteiger partial charge in [0.05, 0.1) is 4.90 Å². The van der Waals surface area contributed by atoms with Crippen LogP contribution in [-0.4, -0.2) is 15.0 Å². The SMILES string of the molecule is NCc1cc(S(=O)(=O)NCC2CC3CCC2C3)ccc1F. The first kappa shape index (κ1) is 14.9. The number of sulfonamides is 1. The van der Waals surface area contributed by atoms with Crippen molar-refractivity contribution in [3.63, 3.8) is 0 Å². The summed E-state index contributed by atoms with van der Waals surface area (Å²) in [6.45, 7) is 0.473. The summed E-state index contributed by atoms with van der Waals surface area (Å²) in [5, 5.41) is 0. The monoisotopic (exact) mass is 312 g/mol. The van der Waals surface area contributed by atoms with Crippen LogP contribution in [-0.2, 0) is 16.6 Å². The fourth-order valence-corrected chi connectivity index (χ4v) is 4.95. The third-order valence-electron chi connectivity index (χ3n) is 4.97. The minimum absolute atomic E-state index is 0.0123. The molecule has 4 nitrogen and oxygen atoms in total. The summed E-state index contributed by atoms with van der Waals surface area (Å²) in [5.74, 6) is 1.45. The standard InChI is InChI=1S/C15H21FN2O2S/c16-15-4-3-14(7-12(15)8-17)21(19,20)18-9-13-6-10-1-2-11(13)5-10/h3-4,7,10-11,13,18H,1-2,5-6,8-9,17H2. The third kappa shape index (κ3) is 2.98. The zero-order chi connectivity index (χ0) is 15.0. The lowest BCUT2D eigenvalue weighted by Gasteiger charge is -2.21.